The van der Waals surface area contributed by atoms with Gasteiger partial charge in [0.1, 0.15) is 0 Å². The summed E-state index contributed by atoms with van der Waals surface area (Å²) >= 11 is 0. The number of nitrogens with zero attached hydrogens (tertiary/aromatic N) is 1. The Labute approximate surface area is 154 Å². The highest BCUT2D eigenvalue weighted by Gasteiger charge is 2.12. The molecule has 0 heterocycles. The highest BCUT2D eigenvalue weighted by atomic mass is 127. The first kappa shape index (κ1) is 24.2. The molecule has 22 heavy (non-hydrogen) atoms. The number of aliphatic imine (C=N–C) groups is 1. The van der Waals surface area contributed by atoms with Crippen molar-refractivity contribution in [3.8, 4) is 0 Å². The maximum Gasteiger partial charge on any atom is 0.191 e. The molecule has 2 N–H and O–H groups in total. The molecule has 5 nitrogen and oxygen atoms in total. The van der Waals surface area contributed by atoms with Crippen LogP contribution in [0.15, 0.2) is 4.99 Å². The molecule has 0 aromatic rings. The Morgan fingerprint density at radius 3 is 2.36 bits per heavy atom. The van der Waals surface area contributed by atoms with Gasteiger partial charge < -0.3 is 20.1 Å². The fraction of sp³-hybridized carbons (Fsp3) is 0.938. The third-order valence-electron chi connectivity index (χ3n) is 3.11. The van der Waals surface area contributed by atoms with Crippen molar-refractivity contribution in [3.05, 3.63) is 0 Å². The van der Waals surface area contributed by atoms with Gasteiger partial charge in [0.25, 0.3) is 0 Å². The monoisotopic (exact) mass is 429 g/mol. The summed E-state index contributed by atoms with van der Waals surface area (Å²) < 4.78 is 11.1. The maximum absolute atomic E-state index is 5.75. The lowest BCUT2D eigenvalue weighted by molar-refractivity contribution is 0.0258. The van der Waals surface area contributed by atoms with Crippen molar-refractivity contribution in [1.29, 1.82) is 0 Å². The zero-order valence-corrected chi connectivity index (χ0v) is 17.3. The fourth-order valence-corrected chi connectivity index (χ4v) is 2.00. The molecule has 0 aromatic heterocycles. The molecule has 0 saturated heterocycles. The van der Waals surface area contributed by atoms with Gasteiger partial charge in [-0.05, 0) is 39.5 Å². The van der Waals surface area contributed by atoms with Crippen LogP contribution in [-0.4, -0.2) is 51.5 Å². The quantitative estimate of drug-likeness (QED) is 0.217. The van der Waals surface area contributed by atoms with Crippen molar-refractivity contribution in [2.24, 2.45) is 10.9 Å². The van der Waals surface area contributed by atoms with Crippen LogP contribution in [0.5, 0.6) is 0 Å². The highest BCUT2D eigenvalue weighted by molar-refractivity contribution is 14.0. The minimum absolute atomic E-state index is 0. The molecule has 0 aliphatic rings. The Morgan fingerprint density at radius 1 is 1.09 bits per heavy atom. The lowest BCUT2D eigenvalue weighted by Gasteiger charge is -2.21. The van der Waals surface area contributed by atoms with E-state index in [2.05, 4.69) is 36.4 Å². The van der Waals surface area contributed by atoms with Crippen LogP contribution in [0.2, 0.25) is 0 Å². The van der Waals surface area contributed by atoms with Gasteiger partial charge in [-0.3, -0.25) is 4.99 Å². The second-order valence-corrected chi connectivity index (χ2v) is 5.26. The van der Waals surface area contributed by atoms with Crippen molar-refractivity contribution >= 4 is 29.9 Å². The van der Waals surface area contributed by atoms with E-state index in [0.29, 0.717) is 12.0 Å². The lowest BCUT2D eigenvalue weighted by atomic mass is 10.0. The number of hydrogen-bond acceptors (Lipinski definition) is 3. The number of guanidine groups is 1. The Hall–Kier alpha value is -0.0800. The topological polar surface area (TPSA) is 54.9 Å². The summed E-state index contributed by atoms with van der Waals surface area (Å²) in [6.07, 6.45) is 2.26. The van der Waals surface area contributed by atoms with E-state index in [1.165, 1.54) is 0 Å². The molecule has 134 valence electrons. The summed E-state index contributed by atoms with van der Waals surface area (Å²) in [5.74, 6) is 1.42. The predicted molar refractivity (Wildman–Crippen MR) is 105 cm³/mol. The molecule has 0 fully saturated rings. The summed E-state index contributed by atoms with van der Waals surface area (Å²) in [5, 5.41) is 6.64. The Morgan fingerprint density at radius 2 is 1.82 bits per heavy atom. The van der Waals surface area contributed by atoms with E-state index in [0.717, 1.165) is 58.3 Å². The summed E-state index contributed by atoms with van der Waals surface area (Å²) in [7, 11) is 0. The van der Waals surface area contributed by atoms with Crippen LogP contribution < -0.4 is 10.6 Å². The first-order valence-corrected chi connectivity index (χ1v) is 8.37. The molecule has 0 aliphatic heterocycles. The van der Waals surface area contributed by atoms with Crippen molar-refractivity contribution in [1.82, 2.24) is 10.6 Å². The van der Waals surface area contributed by atoms with Crippen LogP contribution in [0, 0.1) is 5.92 Å². The summed E-state index contributed by atoms with van der Waals surface area (Å²) in [5.41, 5.74) is 0. The summed E-state index contributed by atoms with van der Waals surface area (Å²) in [6, 6.07) is 0. The SMILES string of the molecule is CCNC(=NCCCOCC)NCCC(OCC)C(C)C.I. The average molecular weight is 429 g/mol. The molecule has 0 aliphatic carbocycles. The van der Waals surface area contributed by atoms with Gasteiger partial charge in [0.15, 0.2) is 5.96 Å². The van der Waals surface area contributed by atoms with E-state index in [9.17, 15) is 0 Å². The Balaban J connectivity index is 0. The summed E-state index contributed by atoms with van der Waals surface area (Å²) in [6.45, 7) is 15.4. The molecule has 0 amide bonds. The third-order valence-corrected chi connectivity index (χ3v) is 3.11. The molecule has 1 atom stereocenters. The van der Waals surface area contributed by atoms with Gasteiger partial charge in [0.2, 0.25) is 0 Å². The van der Waals surface area contributed by atoms with Gasteiger partial charge in [0, 0.05) is 39.5 Å². The van der Waals surface area contributed by atoms with Gasteiger partial charge in [0.05, 0.1) is 6.10 Å². The third kappa shape index (κ3) is 13.6. The number of ether oxygens (including phenoxy) is 2. The Bertz CT molecular complexity index is 264. The number of hydrogen-bond donors (Lipinski definition) is 2. The van der Waals surface area contributed by atoms with Crippen LogP contribution in [0.4, 0.5) is 0 Å². The van der Waals surface area contributed by atoms with Crippen LogP contribution in [-0.2, 0) is 9.47 Å². The molecular weight excluding hydrogens is 393 g/mol. The largest absolute Gasteiger partial charge is 0.382 e. The molecule has 0 bridgehead atoms. The lowest BCUT2D eigenvalue weighted by Crippen LogP contribution is -2.39. The first-order valence-electron chi connectivity index (χ1n) is 8.37. The predicted octanol–water partition coefficient (Wildman–Crippen LogP) is 3.04. The van der Waals surface area contributed by atoms with E-state index in [1.54, 1.807) is 0 Å². The van der Waals surface area contributed by atoms with Crippen molar-refractivity contribution in [2.45, 2.75) is 53.6 Å². The number of halogens is 1. The number of nitrogens with one attached hydrogen (secondary N) is 2. The zero-order valence-electron chi connectivity index (χ0n) is 15.0. The van der Waals surface area contributed by atoms with Gasteiger partial charge in [-0.15, -0.1) is 24.0 Å². The van der Waals surface area contributed by atoms with Crippen LogP contribution >= 0.6 is 24.0 Å². The second kappa shape index (κ2) is 17.3. The van der Waals surface area contributed by atoms with E-state index in [4.69, 9.17) is 9.47 Å². The van der Waals surface area contributed by atoms with E-state index >= 15 is 0 Å². The molecule has 0 aromatic carbocycles. The molecule has 0 rings (SSSR count). The zero-order chi connectivity index (χ0) is 15.9. The van der Waals surface area contributed by atoms with E-state index < -0.39 is 0 Å². The minimum Gasteiger partial charge on any atom is -0.382 e. The standard InChI is InChI=1S/C16H35N3O2.HI/c1-6-17-16(18-11-9-13-20-7-2)19-12-10-15(14(4)5)21-8-3;/h14-15H,6-13H2,1-5H3,(H2,17,18,19);1H. The highest BCUT2D eigenvalue weighted by Crippen LogP contribution is 2.09. The van der Waals surface area contributed by atoms with Gasteiger partial charge in [-0.1, -0.05) is 13.8 Å². The van der Waals surface area contributed by atoms with Crippen LogP contribution in [0.1, 0.15) is 47.5 Å². The number of rotatable bonds is 12. The molecule has 0 radical (unpaired) electrons. The van der Waals surface area contributed by atoms with Gasteiger partial charge >= 0.3 is 0 Å². The van der Waals surface area contributed by atoms with Crippen molar-refractivity contribution < 1.29 is 9.47 Å². The van der Waals surface area contributed by atoms with Crippen molar-refractivity contribution in [3.63, 3.8) is 0 Å². The van der Waals surface area contributed by atoms with Crippen LogP contribution in [0.25, 0.3) is 0 Å². The minimum atomic E-state index is 0. The van der Waals surface area contributed by atoms with Gasteiger partial charge in [-0.25, -0.2) is 0 Å². The first-order chi connectivity index (χ1) is 10.2. The van der Waals surface area contributed by atoms with E-state index in [1.807, 2.05) is 13.8 Å². The molecular formula is C16H36IN3O2. The molecule has 1 unspecified atom stereocenters. The average Bonchev–Trinajstić information content (AvgIpc) is 2.45. The van der Waals surface area contributed by atoms with Crippen molar-refractivity contribution in [2.75, 3.05) is 39.5 Å². The maximum atomic E-state index is 5.75. The molecule has 6 heteroatoms. The summed E-state index contributed by atoms with van der Waals surface area (Å²) in [4.78, 5) is 4.55. The van der Waals surface area contributed by atoms with Gasteiger partial charge in [-0.2, -0.15) is 0 Å². The smallest absolute Gasteiger partial charge is 0.191 e. The fourth-order valence-electron chi connectivity index (χ4n) is 2.00. The van der Waals surface area contributed by atoms with E-state index in [-0.39, 0.29) is 24.0 Å². The Kier molecular flexibility index (Phi) is 19.0. The van der Waals surface area contributed by atoms with Crippen LogP contribution in [0.3, 0.4) is 0 Å². The normalized spacial score (nSPS) is 12.9. The molecule has 0 spiro atoms. The molecule has 0 saturated carbocycles. The second-order valence-electron chi connectivity index (χ2n) is 5.26.